The molecule has 0 saturated carbocycles. The Morgan fingerprint density at radius 2 is 2.06 bits per heavy atom. The van der Waals surface area contributed by atoms with E-state index in [1.165, 1.54) is 0 Å². The van der Waals surface area contributed by atoms with Crippen molar-refractivity contribution in [1.82, 2.24) is 10.6 Å². The van der Waals surface area contributed by atoms with Crippen LogP contribution in [0.15, 0.2) is 0 Å². The molecule has 0 aromatic heterocycles. The summed E-state index contributed by atoms with van der Waals surface area (Å²) < 4.78 is 5.14. The maximum atomic E-state index is 11.5. The van der Waals surface area contributed by atoms with Crippen LogP contribution in [0.3, 0.4) is 0 Å². The minimum atomic E-state index is -0.502. The van der Waals surface area contributed by atoms with Crippen molar-refractivity contribution in [3.8, 4) is 6.07 Å². The Balaban J connectivity index is 2.43. The second-order valence-corrected chi connectivity index (χ2v) is 5.50. The monoisotopic (exact) mass is 239 g/mol. The topological polar surface area (TPSA) is 74.1 Å². The quantitative estimate of drug-likeness (QED) is 0.764. The summed E-state index contributed by atoms with van der Waals surface area (Å²) >= 11 is 0. The van der Waals surface area contributed by atoms with Crippen LogP contribution in [0.2, 0.25) is 0 Å². The lowest BCUT2D eigenvalue weighted by Gasteiger charge is -2.31. The van der Waals surface area contributed by atoms with Crippen molar-refractivity contribution in [3.05, 3.63) is 0 Å². The first-order valence-corrected chi connectivity index (χ1v) is 5.96. The van der Waals surface area contributed by atoms with E-state index >= 15 is 0 Å². The van der Waals surface area contributed by atoms with Gasteiger partial charge in [0.1, 0.15) is 5.60 Å². The number of nitrogens with zero attached hydrogens (tertiary/aromatic N) is 1. The fourth-order valence-corrected chi connectivity index (χ4v) is 1.79. The van der Waals surface area contributed by atoms with Gasteiger partial charge in [0.25, 0.3) is 0 Å². The molecule has 2 N–H and O–H groups in total. The van der Waals surface area contributed by atoms with E-state index in [2.05, 4.69) is 16.7 Å². The van der Waals surface area contributed by atoms with E-state index in [9.17, 15) is 10.1 Å². The summed E-state index contributed by atoms with van der Waals surface area (Å²) in [4.78, 5) is 11.5. The number of rotatable bonds is 2. The lowest BCUT2D eigenvalue weighted by molar-refractivity contribution is 0.0504. The number of hydrogen-bond acceptors (Lipinski definition) is 4. The van der Waals surface area contributed by atoms with Gasteiger partial charge >= 0.3 is 6.09 Å². The Kier molecular flexibility index (Phi) is 4.35. The molecule has 1 rings (SSSR count). The van der Waals surface area contributed by atoms with E-state index < -0.39 is 17.1 Å². The van der Waals surface area contributed by atoms with Crippen LogP contribution in [-0.4, -0.2) is 31.3 Å². The largest absolute Gasteiger partial charge is 0.444 e. The first kappa shape index (κ1) is 13.8. The highest BCUT2D eigenvalue weighted by Crippen LogP contribution is 2.26. The van der Waals surface area contributed by atoms with Crippen LogP contribution in [0.4, 0.5) is 4.79 Å². The van der Waals surface area contributed by atoms with Crippen LogP contribution in [0, 0.1) is 16.7 Å². The second-order valence-electron chi connectivity index (χ2n) is 5.50. The molecule has 0 unspecified atom stereocenters. The van der Waals surface area contributed by atoms with Gasteiger partial charge < -0.3 is 15.4 Å². The third-order valence-electron chi connectivity index (χ3n) is 2.77. The van der Waals surface area contributed by atoms with E-state index in [0.717, 1.165) is 25.9 Å². The van der Waals surface area contributed by atoms with Crippen LogP contribution in [0.5, 0.6) is 0 Å². The maximum Gasteiger partial charge on any atom is 0.407 e. The number of piperidine rings is 1. The lowest BCUT2D eigenvalue weighted by atomic mass is 9.80. The number of carbonyl (C=O) groups excluding carboxylic acids is 1. The molecule has 0 aromatic carbocycles. The van der Waals surface area contributed by atoms with Crippen molar-refractivity contribution in [2.45, 2.75) is 39.2 Å². The number of ether oxygens (including phenoxy) is 1. The predicted molar refractivity (Wildman–Crippen MR) is 64.4 cm³/mol. The summed E-state index contributed by atoms with van der Waals surface area (Å²) in [6.07, 6.45) is 1.07. The minimum Gasteiger partial charge on any atom is -0.444 e. The van der Waals surface area contributed by atoms with Gasteiger partial charge in [0.05, 0.1) is 11.5 Å². The fourth-order valence-electron chi connectivity index (χ4n) is 1.79. The van der Waals surface area contributed by atoms with Crippen LogP contribution < -0.4 is 10.6 Å². The molecule has 0 spiro atoms. The van der Waals surface area contributed by atoms with Crippen molar-refractivity contribution in [1.29, 1.82) is 5.26 Å². The van der Waals surface area contributed by atoms with Crippen LogP contribution in [-0.2, 0) is 4.74 Å². The molecule has 1 saturated heterocycles. The zero-order valence-corrected chi connectivity index (χ0v) is 10.8. The molecule has 96 valence electrons. The summed E-state index contributed by atoms with van der Waals surface area (Å²) in [5.74, 6) is 0. The second kappa shape index (κ2) is 5.37. The Morgan fingerprint density at radius 1 is 1.47 bits per heavy atom. The normalized spacial score (nSPS) is 19.2. The third kappa shape index (κ3) is 4.61. The van der Waals surface area contributed by atoms with Gasteiger partial charge in [-0.3, -0.25) is 0 Å². The summed E-state index contributed by atoms with van der Waals surface area (Å²) in [6.45, 7) is 7.46. The van der Waals surface area contributed by atoms with Crippen LogP contribution in [0.25, 0.3) is 0 Å². The summed E-state index contributed by atoms with van der Waals surface area (Å²) in [5.41, 5.74) is -0.944. The molecule has 0 bridgehead atoms. The summed E-state index contributed by atoms with van der Waals surface area (Å²) in [7, 11) is 0. The molecule has 5 heteroatoms. The number of carbonyl (C=O) groups is 1. The summed E-state index contributed by atoms with van der Waals surface area (Å²) in [5, 5.41) is 15.1. The van der Waals surface area contributed by atoms with Gasteiger partial charge in [-0.15, -0.1) is 0 Å². The molecule has 0 radical (unpaired) electrons. The molecule has 1 aliphatic heterocycles. The van der Waals surface area contributed by atoms with E-state index in [-0.39, 0.29) is 0 Å². The molecule has 0 aromatic rings. The average Bonchev–Trinajstić information content (AvgIpc) is 2.25. The lowest BCUT2D eigenvalue weighted by Crippen LogP contribution is -2.45. The number of nitriles is 1. The number of amides is 1. The number of hydrogen-bond donors (Lipinski definition) is 2. The minimum absolute atomic E-state index is 0.361. The maximum absolute atomic E-state index is 11.5. The molecule has 17 heavy (non-hydrogen) atoms. The molecule has 1 heterocycles. The standard InChI is InChI=1S/C12H21N3O2/c1-11(2,3)17-10(16)15-9-12(8-13)4-6-14-7-5-12/h14H,4-7,9H2,1-3H3,(H,15,16). The van der Waals surface area contributed by atoms with Gasteiger partial charge in [-0.05, 0) is 46.7 Å². The molecular formula is C12H21N3O2. The predicted octanol–water partition coefficient (Wildman–Crippen LogP) is 1.40. The van der Waals surface area contributed by atoms with Gasteiger partial charge in [0.2, 0.25) is 0 Å². The molecule has 5 nitrogen and oxygen atoms in total. The zero-order valence-electron chi connectivity index (χ0n) is 10.8. The number of alkyl carbamates (subject to hydrolysis) is 1. The third-order valence-corrected chi connectivity index (χ3v) is 2.77. The van der Waals surface area contributed by atoms with Gasteiger partial charge in [0.15, 0.2) is 0 Å². The first-order chi connectivity index (χ1) is 7.87. The fraction of sp³-hybridized carbons (Fsp3) is 0.833. The molecule has 0 aliphatic carbocycles. The van der Waals surface area contributed by atoms with Gasteiger partial charge in [-0.2, -0.15) is 5.26 Å². The molecule has 1 fully saturated rings. The van der Waals surface area contributed by atoms with Crippen molar-refractivity contribution in [2.75, 3.05) is 19.6 Å². The Morgan fingerprint density at radius 3 is 2.53 bits per heavy atom. The van der Waals surface area contributed by atoms with Crippen molar-refractivity contribution in [3.63, 3.8) is 0 Å². The van der Waals surface area contributed by atoms with Crippen molar-refractivity contribution >= 4 is 6.09 Å². The van der Waals surface area contributed by atoms with Gasteiger partial charge in [0, 0.05) is 6.54 Å². The highest BCUT2D eigenvalue weighted by atomic mass is 16.6. The first-order valence-electron chi connectivity index (χ1n) is 5.96. The Bertz CT molecular complexity index is 309. The van der Waals surface area contributed by atoms with Gasteiger partial charge in [-0.1, -0.05) is 0 Å². The zero-order chi connectivity index (χ0) is 12.9. The molecule has 1 amide bonds. The van der Waals surface area contributed by atoms with E-state index in [1.807, 2.05) is 20.8 Å². The van der Waals surface area contributed by atoms with Crippen LogP contribution >= 0.6 is 0 Å². The average molecular weight is 239 g/mol. The molecular weight excluding hydrogens is 218 g/mol. The Hall–Kier alpha value is -1.28. The van der Waals surface area contributed by atoms with E-state index in [1.54, 1.807) is 0 Å². The smallest absolute Gasteiger partial charge is 0.407 e. The molecule has 0 atom stereocenters. The Labute approximate surface area is 103 Å². The number of nitrogens with one attached hydrogen (secondary N) is 2. The molecule has 1 aliphatic rings. The van der Waals surface area contributed by atoms with Crippen molar-refractivity contribution in [2.24, 2.45) is 5.41 Å². The summed E-state index contributed by atoms with van der Waals surface area (Å²) in [6, 6.07) is 2.33. The van der Waals surface area contributed by atoms with Crippen LogP contribution in [0.1, 0.15) is 33.6 Å². The SMILES string of the molecule is CC(C)(C)OC(=O)NCC1(C#N)CCNCC1. The highest BCUT2D eigenvalue weighted by Gasteiger charge is 2.32. The van der Waals surface area contributed by atoms with E-state index in [4.69, 9.17) is 4.74 Å². The van der Waals surface area contributed by atoms with E-state index in [0.29, 0.717) is 6.54 Å². The van der Waals surface area contributed by atoms with Crippen molar-refractivity contribution < 1.29 is 9.53 Å². The van der Waals surface area contributed by atoms with Gasteiger partial charge in [-0.25, -0.2) is 4.79 Å². The highest BCUT2D eigenvalue weighted by molar-refractivity contribution is 5.67.